The van der Waals surface area contributed by atoms with E-state index in [4.69, 9.17) is 10.5 Å². The number of ether oxygens (including phenoxy) is 2. The van der Waals surface area contributed by atoms with E-state index >= 15 is 0 Å². The van der Waals surface area contributed by atoms with Crippen molar-refractivity contribution in [1.29, 1.82) is 0 Å². The van der Waals surface area contributed by atoms with Crippen LogP contribution in [-0.2, 0) is 16.1 Å². The molecule has 1 aliphatic carbocycles. The molecule has 2 aromatic rings. The first-order valence-electron chi connectivity index (χ1n) is 18.0. The fourth-order valence-corrected chi connectivity index (χ4v) is 6.48. The Morgan fingerprint density at radius 2 is 1.77 bits per heavy atom. The maximum absolute atomic E-state index is 14.3. The van der Waals surface area contributed by atoms with Crippen molar-refractivity contribution in [2.75, 3.05) is 5.73 Å². The SMILES string of the molecule is CCCC=Nc1cc(C(=O)CC2CCCC(CCCCC(CCC)CC(=O)OCc3ccc(OC(F)(F)CC)c(F)c3)CC2)ccc1N. The topological polar surface area (TPSA) is 91.0 Å². The molecule has 3 unspecified atom stereocenters. The van der Waals surface area contributed by atoms with E-state index in [1.165, 1.54) is 19.4 Å². The van der Waals surface area contributed by atoms with Crippen LogP contribution in [0, 0.1) is 23.6 Å². The lowest BCUT2D eigenvalue weighted by atomic mass is 9.89. The van der Waals surface area contributed by atoms with E-state index in [0.29, 0.717) is 47.2 Å². The molecule has 1 fully saturated rings. The Bertz CT molecular complexity index is 1330. The molecular formula is C39H55F3N2O4. The number of nitrogens with two attached hydrogens (primary N) is 1. The summed E-state index contributed by atoms with van der Waals surface area (Å²) < 4.78 is 51.0. The predicted octanol–water partition coefficient (Wildman–Crippen LogP) is 11.2. The van der Waals surface area contributed by atoms with E-state index in [0.717, 1.165) is 89.2 Å². The highest BCUT2D eigenvalue weighted by Crippen LogP contribution is 2.34. The number of nitrogen functional groups attached to an aromatic ring is 1. The number of esters is 1. The summed E-state index contributed by atoms with van der Waals surface area (Å²) in [5.41, 5.74) is 8.40. The third-order valence-electron chi connectivity index (χ3n) is 9.38. The van der Waals surface area contributed by atoms with Crippen molar-refractivity contribution < 1.29 is 32.2 Å². The number of alkyl halides is 2. The van der Waals surface area contributed by atoms with Gasteiger partial charge < -0.3 is 15.2 Å². The van der Waals surface area contributed by atoms with Crippen LogP contribution >= 0.6 is 0 Å². The van der Waals surface area contributed by atoms with Crippen LogP contribution in [-0.4, -0.2) is 24.1 Å². The quantitative estimate of drug-likeness (QED) is 0.0377. The van der Waals surface area contributed by atoms with E-state index in [1.54, 1.807) is 6.07 Å². The largest absolute Gasteiger partial charge is 0.461 e. The molecule has 3 atom stereocenters. The number of hydrogen-bond donors (Lipinski definition) is 1. The van der Waals surface area contributed by atoms with Gasteiger partial charge in [0.1, 0.15) is 6.61 Å². The summed E-state index contributed by atoms with van der Waals surface area (Å²) in [6, 6.07) is 9.05. The van der Waals surface area contributed by atoms with Crippen LogP contribution in [0.25, 0.3) is 0 Å². The first-order valence-corrected chi connectivity index (χ1v) is 18.0. The second kappa shape index (κ2) is 20.2. The van der Waals surface area contributed by atoms with Gasteiger partial charge >= 0.3 is 12.1 Å². The molecule has 2 N–H and O–H groups in total. The second-order valence-electron chi connectivity index (χ2n) is 13.4. The molecule has 9 heteroatoms. The minimum Gasteiger partial charge on any atom is -0.461 e. The Kier molecular flexibility index (Phi) is 16.5. The fourth-order valence-electron chi connectivity index (χ4n) is 6.48. The minimum absolute atomic E-state index is 0.123. The summed E-state index contributed by atoms with van der Waals surface area (Å²) in [5.74, 6) is -0.325. The third kappa shape index (κ3) is 13.6. The van der Waals surface area contributed by atoms with E-state index in [9.17, 15) is 22.8 Å². The number of nitrogens with zero attached hydrogens (tertiary/aromatic N) is 1. The first kappa shape index (κ1) is 39.1. The average molecular weight is 673 g/mol. The Hall–Kier alpha value is -3.36. The zero-order chi connectivity index (χ0) is 34.9. The first-order chi connectivity index (χ1) is 23.0. The van der Waals surface area contributed by atoms with Crippen LogP contribution in [0.3, 0.4) is 0 Å². The van der Waals surface area contributed by atoms with Crippen molar-refractivity contribution in [2.45, 2.75) is 136 Å². The van der Waals surface area contributed by atoms with Crippen LogP contribution in [0.2, 0.25) is 0 Å². The highest BCUT2D eigenvalue weighted by Gasteiger charge is 2.30. The number of hydrogen-bond acceptors (Lipinski definition) is 6. The molecule has 0 saturated heterocycles. The number of ketones is 1. The normalized spacial score (nSPS) is 17.6. The summed E-state index contributed by atoms with van der Waals surface area (Å²) >= 11 is 0. The smallest absolute Gasteiger partial charge is 0.397 e. The Morgan fingerprint density at radius 3 is 2.50 bits per heavy atom. The highest BCUT2D eigenvalue weighted by molar-refractivity contribution is 5.98. The summed E-state index contributed by atoms with van der Waals surface area (Å²) in [5, 5.41) is 0. The van der Waals surface area contributed by atoms with Crippen molar-refractivity contribution >= 4 is 29.3 Å². The molecular weight excluding hydrogens is 617 g/mol. The molecule has 0 radical (unpaired) electrons. The number of carbonyl (C=O) groups excluding carboxylic acids is 2. The fraction of sp³-hybridized carbons (Fsp3) is 0.615. The average Bonchev–Trinajstić information content (AvgIpc) is 3.29. The molecule has 0 amide bonds. The number of anilines is 1. The van der Waals surface area contributed by atoms with Gasteiger partial charge in [-0.1, -0.05) is 91.0 Å². The van der Waals surface area contributed by atoms with Crippen molar-refractivity contribution in [3.05, 3.63) is 53.3 Å². The molecule has 0 aromatic heterocycles. The van der Waals surface area contributed by atoms with E-state index < -0.39 is 24.1 Å². The van der Waals surface area contributed by atoms with Crippen LogP contribution < -0.4 is 10.5 Å². The van der Waals surface area contributed by atoms with Gasteiger partial charge in [-0.15, -0.1) is 0 Å². The molecule has 1 saturated carbocycles. The molecule has 0 aliphatic heterocycles. The van der Waals surface area contributed by atoms with Gasteiger partial charge in [-0.25, -0.2) is 4.39 Å². The van der Waals surface area contributed by atoms with Gasteiger partial charge in [0.05, 0.1) is 11.4 Å². The van der Waals surface area contributed by atoms with Gasteiger partial charge in [0.15, 0.2) is 17.3 Å². The van der Waals surface area contributed by atoms with Crippen molar-refractivity contribution in [2.24, 2.45) is 22.7 Å². The Labute approximate surface area is 285 Å². The van der Waals surface area contributed by atoms with E-state index in [1.807, 2.05) is 18.3 Å². The monoisotopic (exact) mass is 672 g/mol. The zero-order valence-electron chi connectivity index (χ0n) is 29.1. The van der Waals surface area contributed by atoms with Crippen molar-refractivity contribution in [3.8, 4) is 5.75 Å². The van der Waals surface area contributed by atoms with Gasteiger partial charge in [-0.2, -0.15) is 8.78 Å². The number of carbonyl (C=O) groups is 2. The number of benzene rings is 2. The lowest BCUT2D eigenvalue weighted by Gasteiger charge is -2.18. The molecule has 48 heavy (non-hydrogen) atoms. The van der Waals surface area contributed by atoms with Gasteiger partial charge in [-0.05, 0) is 72.9 Å². The van der Waals surface area contributed by atoms with Crippen LogP contribution in [0.4, 0.5) is 24.5 Å². The Morgan fingerprint density at radius 1 is 1.00 bits per heavy atom. The number of unbranched alkanes of at least 4 members (excludes halogenated alkanes) is 2. The highest BCUT2D eigenvalue weighted by atomic mass is 19.3. The maximum atomic E-state index is 14.3. The predicted molar refractivity (Wildman–Crippen MR) is 186 cm³/mol. The minimum atomic E-state index is -3.45. The number of rotatable bonds is 20. The van der Waals surface area contributed by atoms with E-state index in [-0.39, 0.29) is 24.3 Å². The maximum Gasteiger partial charge on any atom is 0.397 e. The lowest BCUT2D eigenvalue weighted by molar-refractivity contribution is -0.178. The number of aliphatic imine (C=N–C) groups is 1. The standard InChI is InChI=1S/C39H55F3N2O4/c1-4-7-22-44-35-26-32(19-20-34(35)43)36(45)24-30-15-10-14-28(16-17-30)12-8-9-13-29(11-5-2)25-38(46)47-27-31-18-21-37(33(40)23-31)48-39(41,42)6-3/h18-23,26,28-30H,4-17,24-25,27,43H2,1-3H3. The molecule has 0 heterocycles. The summed E-state index contributed by atoms with van der Waals surface area (Å²) in [6.07, 6.45) is 12.4. The van der Waals surface area contributed by atoms with Gasteiger partial charge in [0, 0.05) is 31.0 Å². The molecule has 0 bridgehead atoms. The summed E-state index contributed by atoms with van der Waals surface area (Å²) in [4.78, 5) is 30.2. The molecule has 3 rings (SSSR count). The zero-order valence-corrected chi connectivity index (χ0v) is 29.1. The van der Waals surface area contributed by atoms with Crippen LogP contribution in [0.15, 0.2) is 41.4 Å². The van der Waals surface area contributed by atoms with Crippen molar-refractivity contribution in [1.82, 2.24) is 0 Å². The molecule has 0 spiro atoms. The lowest BCUT2D eigenvalue weighted by Crippen LogP contribution is -2.23. The second-order valence-corrected chi connectivity index (χ2v) is 13.4. The molecule has 1 aliphatic rings. The van der Waals surface area contributed by atoms with Crippen molar-refractivity contribution in [3.63, 3.8) is 0 Å². The molecule has 266 valence electrons. The van der Waals surface area contributed by atoms with E-state index in [2.05, 4.69) is 23.6 Å². The Balaban J connectivity index is 1.37. The summed E-state index contributed by atoms with van der Waals surface area (Å²) in [7, 11) is 0. The number of Topliss-reactive ketones (excluding diaryl/α,β-unsaturated/α-hetero) is 1. The number of halogens is 3. The van der Waals surface area contributed by atoms with Gasteiger partial charge in [0.25, 0.3) is 0 Å². The molecule has 6 nitrogen and oxygen atoms in total. The van der Waals surface area contributed by atoms with Crippen LogP contribution in [0.5, 0.6) is 5.75 Å². The summed E-state index contributed by atoms with van der Waals surface area (Å²) in [6.45, 7) is 5.33. The van der Waals surface area contributed by atoms with Crippen LogP contribution in [0.1, 0.15) is 139 Å². The molecule has 2 aromatic carbocycles. The van der Waals surface area contributed by atoms with Gasteiger partial charge in [0.2, 0.25) is 0 Å². The van der Waals surface area contributed by atoms with Gasteiger partial charge in [-0.3, -0.25) is 14.6 Å². The third-order valence-corrected chi connectivity index (χ3v) is 9.38.